The van der Waals surface area contributed by atoms with Crippen LogP contribution in [0.4, 0.5) is 5.95 Å². The van der Waals surface area contributed by atoms with Crippen molar-refractivity contribution >= 4 is 29.2 Å². The van der Waals surface area contributed by atoms with Crippen LogP contribution in [0.25, 0.3) is 0 Å². The molecule has 0 unspecified atom stereocenters. The molecule has 0 spiro atoms. The number of halogens is 2. The van der Waals surface area contributed by atoms with Crippen molar-refractivity contribution in [3.63, 3.8) is 0 Å². The average Bonchev–Trinajstić information content (AvgIpc) is 3.14. The predicted octanol–water partition coefficient (Wildman–Crippen LogP) is 7.45. The summed E-state index contributed by atoms with van der Waals surface area (Å²) in [6.45, 7) is 13.2. The van der Waals surface area contributed by atoms with Crippen molar-refractivity contribution in [3.05, 3.63) is 76.1 Å². The SMILES string of the molecule is CC(C)(c1ccc(OCc2ccnc(N3CCC(C4CCN(CC5CCNCC5)CC4)CC3)n2)cc1)c1cc(Cl)c(OCCCl)c(C#N)c1. The summed E-state index contributed by atoms with van der Waals surface area (Å²) in [5.74, 6) is 4.83. The Bertz CT molecular complexity index is 1560. The lowest BCUT2D eigenvalue weighted by Crippen LogP contribution is -2.43. The first-order chi connectivity index (χ1) is 23.8. The van der Waals surface area contributed by atoms with Gasteiger partial charge in [0, 0.05) is 31.2 Å². The largest absolute Gasteiger partial charge is 0.489 e. The third-order valence-corrected chi connectivity index (χ3v) is 11.4. The minimum Gasteiger partial charge on any atom is -0.489 e. The van der Waals surface area contributed by atoms with Gasteiger partial charge in [-0.25, -0.2) is 9.97 Å². The molecule has 0 bridgehead atoms. The molecule has 3 aromatic rings. The smallest absolute Gasteiger partial charge is 0.225 e. The summed E-state index contributed by atoms with van der Waals surface area (Å²) in [7, 11) is 0. The van der Waals surface area contributed by atoms with E-state index in [4.69, 9.17) is 37.7 Å². The molecule has 0 atom stereocenters. The summed E-state index contributed by atoms with van der Waals surface area (Å²) < 4.78 is 11.8. The summed E-state index contributed by atoms with van der Waals surface area (Å²) in [6, 6.07) is 15.9. The van der Waals surface area contributed by atoms with Crippen LogP contribution in [-0.2, 0) is 12.0 Å². The molecular formula is C39H50Cl2N6O2. The second kappa shape index (κ2) is 16.7. The maximum atomic E-state index is 9.74. The van der Waals surface area contributed by atoms with Crippen molar-refractivity contribution in [2.75, 3.05) is 63.2 Å². The molecule has 8 nitrogen and oxygen atoms in total. The molecule has 0 saturated carbocycles. The fraction of sp³-hybridized carbons (Fsp3) is 0.564. The van der Waals surface area contributed by atoms with Gasteiger partial charge in [-0.2, -0.15) is 5.26 Å². The summed E-state index contributed by atoms with van der Waals surface area (Å²) in [6.07, 6.45) is 9.68. The van der Waals surface area contributed by atoms with Gasteiger partial charge in [-0.3, -0.25) is 0 Å². The molecule has 10 heteroatoms. The van der Waals surface area contributed by atoms with Crippen molar-refractivity contribution in [1.82, 2.24) is 20.2 Å². The lowest BCUT2D eigenvalue weighted by atomic mass is 9.77. The minimum atomic E-state index is -0.405. The third kappa shape index (κ3) is 8.99. The number of hydrogen-bond acceptors (Lipinski definition) is 8. The maximum Gasteiger partial charge on any atom is 0.225 e. The van der Waals surface area contributed by atoms with E-state index in [9.17, 15) is 5.26 Å². The Hall–Kier alpha value is -3.09. The quantitative estimate of drug-likeness (QED) is 0.195. The Morgan fingerprint density at radius 1 is 0.918 bits per heavy atom. The molecule has 0 amide bonds. The highest BCUT2D eigenvalue weighted by Crippen LogP contribution is 2.39. The van der Waals surface area contributed by atoms with Crippen LogP contribution in [0, 0.1) is 29.1 Å². The number of anilines is 1. The highest BCUT2D eigenvalue weighted by molar-refractivity contribution is 6.32. The number of alkyl halides is 1. The van der Waals surface area contributed by atoms with E-state index in [0.717, 1.165) is 59.4 Å². The number of benzene rings is 2. The number of nitrogens with zero attached hydrogens (tertiary/aromatic N) is 5. The van der Waals surface area contributed by atoms with E-state index in [1.807, 2.05) is 36.5 Å². The van der Waals surface area contributed by atoms with Crippen LogP contribution in [0.2, 0.25) is 5.02 Å². The van der Waals surface area contributed by atoms with Crippen LogP contribution in [0.15, 0.2) is 48.7 Å². The lowest BCUT2D eigenvalue weighted by molar-refractivity contribution is 0.113. The van der Waals surface area contributed by atoms with Gasteiger partial charge in [0.05, 0.1) is 22.2 Å². The highest BCUT2D eigenvalue weighted by atomic mass is 35.5. The number of nitriles is 1. The fourth-order valence-corrected chi connectivity index (χ4v) is 8.19. The summed E-state index contributed by atoms with van der Waals surface area (Å²) >= 11 is 12.3. The lowest BCUT2D eigenvalue weighted by Gasteiger charge is -2.41. The molecule has 1 aromatic heterocycles. The van der Waals surface area contributed by atoms with Gasteiger partial charge in [0.25, 0.3) is 0 Å². The number of rotatable bonds is 12. The number of hydrogen-bond donors (Lipinski definition) is 1. The number of piperidine rings is 3. The van der Waals surface area contributed by atoms with E-state index in [1.54, 1.807) is 0 Å². The fourth-order valence-electron chi connectivity index (χ4n) is 7.84. The first kappa shape index (κ1) is 35.7. The monoisotopic (exact) mass is 704 g/mol. The van der Waals surface area contributed by atoms with Gasteiger partial charge >= 0.3 is 0 Å². The Morgan fingerprint density at radius 2 is 1.61 bits per heavy atom. The first-order valence-electron chi connectivity index (χ1n) is 18.0. The predicted molar refractivity (Wildman–Crippen MR) is 197 cm³/mol. The Balaban J connectivity index is 0.987. The second-order valence-corrected chi connectivity index (χ2v) is 15.2. The van der Waals surface area contributed by atoms with E-state index in [2.05, 4.69) is 52.2 Å². The van der Waals surface area contributed by atoms with Gasteiger partial charge in [-0.1, -0.05) is 37.6 Å². The minimum absolute atomic E-state index is 0.285. The molecular weight excluding hydrogens is 655 g/mol. The molecule has 0 aliphatic carbocycles. The average molecular weight is 706 g/mol. The van der Waals surface area contributed by atoms with Gasteiger partial charge in [-0.05, 0) is 124 Å². The zero-order valence-corrected chi connectivity index (χ0v) is 30.5. The van der Waals surface area contributed by atoms with Crippen LogP contribution in [0.3, 0.4) is 0 Å². The molecule has 1 N–H and O–H groups in total. The molecule has 0 radical (unpaired) electrons. The molecule has 3 saturated heterocycles. The van der Waals surface area contributed by atoms with Crippen LogP contribution in [-0.4, -0.2) is 73.2 Å². The number of aromatic nitrogens is 2. The van der Waals surface area contributed by atoms with Crippen LogP contribution < -0.4 is 19.7 Å². The van der Waals surface area contributed by atoms with E-state index in [0.29, 0.717) is 28.8 Å². The topological polar surface area (TPSA) is 86.5 Å². The van der Waals surface area contributed by atoms with E-state index in [1.165, 1.54) is 71.2 Å². The summed E-state index contributed by atoms with van der Waals surface area (Å²) in [5.41, 5.74) is 2.86. The van der Waals surface area contributed by atoms with Gasteiger partial charge in [0.2, 0.25) is 5.95 Å². The standard InChI is InChI=1S/C39H50Cl2N6O2/c1-39(2,33-23-31(25-42)37(36(41)24-33)48-22-14-40)32-3-5-35(6-4-32)49-27-34-9-17-44-38(45-34)47-20-12-30(13-21-47)29-10-18-46(19-11-29)26-28-7-15-43-16-8-28/h3-6,9,17,23-24,28-30,43H,7-8,10-16,18-22,26-27H2,1-2H3. The molecule has 4 heterocycles. The van der Waals surface area contributed by atoms with Crippen molar-refractivity contribution in [2.24, 2.45) is 17.8 Å². The van der Waals surface area contributed by atoms with E-state index in [-0.39, 0.29) is 6.61 Å². The van der Waals surface area contributed by atoms with Crippen molar-refractivity contribution in [2.45, 2.75) is 64.4 Å². The van der Waals surface area contributed by atoms with E-state index < -0.39 is 5.41 Å². The van der Waals surface area contributed by atoms with E-state index >= 15 is 0 Å². The normalized spacial score (nSPS) is 18.7. The van der Waals surface area contributed by atoms with Crippen LogP contribution in [0.1, 0.15) is 74.8 Å². The number of likely N-dealkylation sites (tertiary alicyclic amines) is 1. The molecule has 262 valence electrons. The van der Waals surface area contributed by atoms with Crippen molar-refractivity contribution < 1.29 is 9.47 Å². The number of ether oxygens (including phenoxy) is 2. The second-order valence-electron chi connectivity index (χ2n) is 14.4. The molecule has 3 aliphatic rings. The van der Waals surface area contributed by atoms with Gasteiger partial charge in [-0.15, -0.1) is 11.6 Å². The highest BCUT2D eigenvalue weighted by Gasteiger charge is 2.31. The molecule has 3 aliphatic heterocycles. The molecule has 2 aromatic carbocycles. The van der Waals surface area contributed by atoms with Gasteiger partial charge in [0.15, 0.2) is 5.75 Å². The van der Waals surface area contributed by atoms with Crippen LogP contribution in [0.5, 0.6) is 11.5 Å². The van der Waals surface area contributed by atoms with Crippen molar-refractivity contribution in [1.29, 1.82) is 5.26 Å². The maximum absolute atomic E-state index is 9.74. The molecule has 3 fully saturated rings. The van der Waals surface area contributed by atoms with Crippen LogP contribution >= 0.6 is 23.2 Å². The third-order valence-electron chi connectivity index (χ3n) is 11.0. The zero-order chi connectivity index (χ0) is 34.2. The Labute approximate surface area is 302 Å². The molecule has 6 rings (SSSR count). The first-order valence-corrected chi connectivity index (χ1v) is 18.9. The Morgan fingerprint density at radius 3 is 2.29 bits per heavy atom. The summed E-state index contributed by atoms with van der Waals surface area (Å²) in [5, 5.41) is 13.6. The summed E-state index contributed by atoms with van der Waals surface area (Å²) in [4.78, 5) is 14.6. The molecule has 49 heavy (non-hydrogen) atoms. The Kier molecular flexibility index (Phi) is 12.2. The zero-order valence-electron chi connectivity index (χ0n) is 29.0. The van der Waals surface area contributed by atoms with Crippen molar-refractivity contribution in [3.8, 4) is 17.6 Å². The van der Waals surface area contributed by atoms with Gasteiger partial charge < -0.3 is 24.6 Å². The number of nitrogens with one attached hydrogen (secondary N) is 1. The van der Waals surface area contributed by atoms with Gasteiger partial charge in [0.1, 0.15) is 25.0 Å².